The molecule has 4 rings (SSSR count). The lowest BCUT2D eigenvalue weighted by Crippen LogP contribution is -2.16. The summed E-state index contributed by atoms with van der Waals surface area (Å²) in [5, 5.41) is 19.4. The van der Waals surface area contributed by atoms with Crippen molar-refractivity contribution in [3.8, 4) is 12.1 Å². The maximum Gasteiger partial charge on any atom is 0.350 e. The van der Waals surface area contributed by atoms with Gasteiger partial charge in [0, 0.05) is 32.7 Å². The fraction of sp³-hybridized carbons (Fsp3) is 0.273. The van der Waals surface area contributed by atoms with Gasteiger partial charge in [0.2, 0.25) is 10.0 Å². The Morgan fingerprint density at radius 1 is 0.833 bits per heavy atom. The molecule has 144 valence electrons. The predicted molar refractivity (Wildman–Crippen MR) is 120 cm³/mol. The first kappa shape index (κ1) is 19.7. The number of nitriles is 2. The molecule has 0 fully saturated rings. The van der Waals surface area contributed by atoms with Crippen LogP contribution >= 0.6 is 22.7 Å². The van der Waals surface area contributed by atoms with Crippen molar-refractivity contribution in [2.45, 2.75) is 38.5 Å². The van der Waals surface area contributed by atoms with Gasteiger partial charge in [0.1, 0.15) is 12.1 Å². The van der Waals surface area contributed by atoms with Crippen LogP contribution in [-0.4, -0.2) is 11.7 Å². The summed E-state index contributed by atoms with van der Waals surface area (Å²) in [5.41, 5.74) is 4.25. The van der Waals surface area contributed by atoms with Crippen molar-refractivity contribution < 1.29 is 0 Å². The highest BCUT2D eigenvalue weighted by Gasteiger charge is 2.52. The lowest BCUT2D eigenvalue weighted by molar-refractivity contribution is 0.703. The van der Waals surface area contributed by atoms with Crippen molar-refractivity contribution in [2.24, 2.45) is 9.98 Å². The van der Waals surface area contributed by atoms with Crippen molar-refractivity contribution in [2.75, 3.05) is 0 Å². The molecule has 0 amide bonds. The van der Waals surface area contributed by atoms with Crippen LogP contribution in [-0.2, 0) is 10.8 Å². The highest BCUT2D eigenvalue weighted by molar-refractivity contribution is 7.18. The summed E-state index contributed by atoms with van der Waals surface area (Å²) in [5.74, 6) is -0.329. The number of aliphatic imine (C=N–C) groups is 2. The second kappa shape index (κ2) is 6.48. The molecule has 2 aliphatic rings. The van der Waals surface area contributed by atoms with Crippen molar-refractivity contribution in [3.05, 3.63) is 55.8 Å². The summed E-state index contributed by atoms with van der Waals surface area (Å²) in [6.07, 6.45) is 0. The minimum Gasteiger partial charge on any atom is -0.351 e. The Bertz CT molecular complexity index is 1240. The molecule has 0 saturated heterocycles. The second-order valence-electron chi connectivity index (χ2n) is 7.97. The normalized spacial score (nSPS) is 18.0. The molecule has 8 heteroatoms. The van der Waals surface area contributed by atoms with E-state index in [1.165, 1.54) is 33.8 Å². The van der Waals surface area contributed by atoms with Gasteiger partial charge in [-0.3, -0.25) is 0 Å². The van der Waals surface area contributed by atoms with Gasteiger partial charge in [0.25, 0.3) is 0 Å². The van der Waals surface area contributed by atoms with Gasteiger partial charge in [-0.05, 0) is 22.3 Å². The van der Waals surface area contributed by atoms with E-state index in [1.807, 2.05) is 24.3 Å². The summed E-state index contributed by atoms with van der Waals surface area (Å²) in [4.78, 5) is 17.1. The van der Waals surface area contributed by atoms with Gasteiger partial charge in [-0.1, -0.05) is 73.5 Å². The zero-order valence-corrected chi connectivity index (χ0v) is 18.3. The number of rotatable bonds is 2. The van der Waals surface area contributed by atoms with Crippen LogP contribution in [0.4, 0.5) is 10.0 Å². The third-order valence-corrected chi connectivity index (χ3v) is 7.68. The minimum absolute atomic E-state index is 0.165. The van der Waals surface area contributed by atoms with Crippen molar-refractivity contribution in [3.63, 3.8) is 0 Å². The first-order valence-electron chi connectivity index (χ1n) is 8.96. The molecule has 0 saturated carbocycles. The van der Waals surface area contributed by atoms with Crippen LogP contribution < -0.4 is 0 Å². The van der Waals surface area contributed by atoms with E-state index in [9.17, 15) is 0 Å². The van der Waals surface area contributed by atoms with Crippen molar-refractivity contribution >= 4 is 55.5 Å². The Hall–Kier alpha value is -3.56. The summed E-state index contributed by atoms with van der Waals surface area (Å²) >= 11 is 3.03. The molecular formula is C22H14N6S2. The first-order chi connectivity index (χ1) is 14.2. The van der Waals surface area contributed by atoms with Crippen LogP contribution in [0.25, 0.3) is 20.8 Å². The molecule has 2 aromatic rings. The van der Waals surface area contributed by atoms with Crippen LogP contribution in [0.5, 0.6) is 0 Å². The number of thiophene rings is 2. The van der Waals surface area contributed by atoms with Gasteiger partial charge in [0.15, 0.2) is 0 Å². The molecule has 0 aliphatic heterocycles. The van der Waals surface area contributed by atoms with Gasteiger partial charge in [0.05, 0.1) is 0 Å². The fourth-order valence-electron chi connectivity index (χ4n) is 4.21. The maximum absolute atomic E-state index is 9.04. The Morgan fingerprint density at radius 2 is 1.20 bits per heavy atom. The van der Waals surface area contributed by atoms with Crippen LogP contribution in [0, 0.1) is 35.8 Å². The predicted octanol–water partition coefficient (Wildman–Crippen LogP) is 6.25. The molecule has 0 spiro atoms. The molecule has 0 N–H and O–H groups in total. The molecule has 2 aromatic heterocycles. The zero-order valence-electron chi connectivity index (χ0n) is 16.7. The van der Waals surface area contributed by atoms with E-state index in [0.717, 1.165) is 20.9 Å². The van der Waals surface area contributed by atoms with Crippen molar-refractivity contribution in [1.82, 2.24) is 0 Å². The van der Waals surface area contributed by atoms with E-state index in [2.05, 4.69) is 47.4 Å². The van der Waals surface area contributed by atoms with E-state index in [-0.39, 0.29) is 22.5 Å². The minimum atomic E-state index is -0.272. The molecule has 2 aliphatic carbocycles. The maximum atomic E-state index is 9.04. The van der Waals surface area contributed by atoms with Gasteiger partial charge in [-0.15, -0.1) is 0 Å². The summed E-state index contributed by atoms with van der Waals surface area (Å²) in [7, 11) is 0. The highest BCUT2D eigenvalue weighted by atomic mass is 32.1. The Labute approximate surface area is 182 Å². The number of fused-ring (bicyclic) bond motifs is 4. The molecule has 0 unspecified atom stereocenters. The van der Waals surface area contributed by atoms with Gasteiger partial charge >= 0.3 is 11.7 Å². The Kier molecular flexibility index (Phi) is 4.26. The van der Waals surface area contributed by atoms with Gasteiger partial charge in [-0.2, -0.15) is 0 Å². The quantitative estimate of drug-likeness (QED) is 0.323. The summed E-state index contributed by atoms with van der Waals surface area (Å²) < 4.78 is 0. The first-order valence-corrected chi connectivity index (χ1v) is 10.6. The van der Waals surface area contributed by atoms with E-state index in [0.29, 0.717) is 10.0 Å². The van der Waals surface area contributed by atoms with Crippen LogP contribution in [0.1, 0.15) is 48.6 Å². The SMILES string of the molecule is [C-]#[N+]C(C#N)=Nc1cc2c(s1)C1=C(c3sc(N=C(C#N)[N+]#[C-])cc3C1(C)C)C2(C)C. The van der Waals surface area contributed by atoms with Crippen LogP contribution in [0.2, 0.25) is 0 Å². The van der Waals surface area contributed by atoms with Gasteiger partial charge < -0.3 is 9.69 Å². The molecule has 6 nitrogen and oxygen atoms in total. The lowest BCUT2D eigenvalue weighted by atomic mass is 9.81. The van der Waals surface area contributed by atoms with Crippen LogP contribution in [0.15, 0.2) is 22.1 Å². The fourth-order valence-corrected chi connectivity index (χ4v) is 7.02. The number of hydrogen-bond donors (Lipinski definition) is 0. The largest absolute Gasteiger partial charge is 0.351 e. The molecule has 0 radical (unpaired) electrons. The van der Waals surface area contributed by atoms with Crippen molar-refractivity contribution in [1.29, 1.82) is 10.5 Å². The monoisotopic (exact) mass is 426 g/mol. The van der Waals surface area contributed by atoms with E-state index < -0.39 is 0 Å². The Balaban J connectivity index is 1.91. The van der Waals surface area contributed by atoms with Crippen LogP contribution in [0.3, 0.4) is 0 Å². The number of amidine groups is 2. The smallest absolute Gasteiger partial charge is 0.350 e. The van der Waals surface area contributed by atoms with E-state index >= 15 is 0 Å². The zero-order chi connectivity index (χ0) is 21.8. The topological polar surface area (TPSA) is 81.0 Å². The standard InChI is InChI=1S/C22H14N6S2/c1-21(2)11-7-15(27-13(9-23)25-5)29-19(11)18-17(21)20-12(22(18,3)4)8-16(30-20)28-14(10-24)26-6/h7-8H,1-4H3. The number of allylic oxidation sites excluding steroid dienone is 2. The van der Waals surface area contributed by atoms with Gasteiger partial charge in [-0.25, -0.2) is 10.5 Å². The molecule has 2 heterocycles. The third-order valence-electron chi connectivity index (χ3n) is 5.58. The molecule has 0 atom stereocenters. The molecular weight excluding hydrogens is 412 g/mol. The molecule has 30 heavy (non-hydrogen) atoms. The average Bonchev–Trinajstić information content (AvgIpc) is 3.40. The Morgan fingerprint density at radius 3 is 1.50 bits per heavy atom. The highest BCUT2D eigenvalue weighted by Crippen LogP contribution is 2.66. The summed E-state index contributed by atoms with van der Waals surface area (Å²) in [6, 6.07) is 7.62. The van der Waals surface area contributed by atoms with E-state index in [4.69, 9.17) is 23.7 Å². The third kappa shape index (κ3) is 2.56. The second-order valence-corrected chi connectivity index (χ2v) is 10.0. The van der Waals surface area contributed by atoms with E-state index in [1.54, 1.807) is 0 Å². The lowest BCUT2D eigenvalue weighted by Gasteiger charge is -2.23. The molecule has 0 aromatic carbocycles. The number of nitrogens with zero attached hydrogens (tertiary/aromatic N) is 6. The average molecular weight is 427 g/mol. The number of hydrogen-bond acceptors (Lipinski definition) is 6. The summed E-state index contributed by atoms with van der Waals surface area (Å²) in [6.45, 7) is 22.8. The molecule has 0 bridgehead atoms.